The van der Waals surface area contributed by atoms with Gasteiger partial charge >= 0.3 is 0 Å². The molecule has 118 valence electrons. The second-order valence-electron chi connectivity index (χ2n) is 5.68. The van der Waals surface area contributed by atoms with E-state index >= 15 is 0 Å². The third-order valence-corrected chi connectivity index (χ3v) is 4.04. The molecule has 0 saturated heterocycles. The zero-order chi connectivity index (χ0) is 16.9. The topological polar surface area (TPSA) is 64.2 Å². The van der Waals surface area contributed by atoms with Crippen LogP contribution in [0.4, 0.5) is 0 Å². The molecule has 1 rings (SSSR count). The number of rotatable bonds is 5. The van der Waals surface area contributed by atoms with E-state index in [9.17, 15) is 10.2 Å². The Kier molecular flexibility index (Phi) is 6.52. The average molecular weight is 320 g/mol. The first-order chi connectivity index (χ1) is 10.3. The number of aromatic hydroxyl groups is 2. The van der Waals surface area contributed by atoms with E-state index < -0.39 is 0 Å². The minimum absolute atomic E-state index is 0.119. The van der Waals surface area contributed by atoms with Crippen LogP contribution in [0.2, 0.25) is 5.02 Å². The lowest BCUT2D eigenvalue weighted by molar-refractivity contribution is 0.439. The van der Waals surface area contributed by atoms with Crippen molar-refractivity contribution < 1.29 is 10.2 Å². The third kappa shape index (κ3) is 4.29. The highest BCUT2D eigenvalue weighted by Crippen LogP contribution is 2.40. The SMILES string of the molecule is CC(C)=CCC/C(C)=C/Cc1c(O)c(Cl)c(C)c(C#N)c1O. The molecule has 0 aromatic heterocycles. The van der Waals surface area contributed by atoms with E-state index in [1.165, 1.54) is 5.57 Å². The number of benzene rings is 1. The van der Waals surface area contributed by atoms with E-state index in [2.05, 4.69) is 19.9 Å². The normalized spacial score (nSPS) is 11.2. The maximum absolute atomic E-state index is 10.2. The Labute approximate surface area is 137 Å². The fraction of sp³-hybridized carbons (Fsp3) is 0.389. The van der Waals surface area contributed by atoms with Crippen LogP contribution in [-0.4, -0.2) is 10.2 Å². The van der Waals surface area contributed by atoms with Gasteiger partial charge in [0.25, 0.3) is 0 Å². The molecule has 4 heteroatoms. The van der Waals surface area contributed by atoms with Crippen molar-refractivity contribution in [2.24, 2.45) is 0 Å². The Hall–Kier alpha value is -1.92. The van der Waals surface area contributed by atoms with Gasteiger partial charge in [0.05, 0.1) is 10.6 Å². The molecule has 3 nitrogen and oxygen atoms in total. The summed E-state index contributed by atoms with van der Waals surface area (Å²) in [5.41, 5.74) is 3.26. The van der Waals surface area contributed by atoms with Crippen molar-refractivity contribution in [3.8, 4) is 17.6 Å². The molecule has 0 spiro atoms. The summed E-state index contributed by atoms with van der Waals surface area (Å²) in [6, 6.07) is 1.93. The molecule has 0 aliphatic rings. The summed E-state index contributed by atoms with van der Waals surface area (Å²) in [6.07, 6.45) is 6.33. The summed E-state index contributed by atoms with van der Waals surface area (Å²) in [5.74, 6) is -0.334. The molecule has 0 saturated carbocycles. The van der Waals surface area contributed by atoms with Gasteiger partial charge in [-0.3, -0.25) is 0 Å². The summed E-state index contributed by atoms with van der Waals surface area (Å²) in [7, 11) is 0. The van der Waals surface area contributed by atoms with Crippen molar-refractivity contribution in [2.75, 3.05) is 0 Å². The molecule has 0 fully saturated rings. The Morgan fingerprint density at radius 1 is 1.18 bits per heavy atom. The lowest BCUT2D eigenvalue weighted by Gasteiger charge is -2.12. The molecule has 1 aromatic carbocycles. The minimum Gasteiger partial charge on any atom is -0.506 e. The van der Waals surface area contributed by atoms with Gasteiger partial charge in [-0.15, -0.1) is 0 Å². The van der Waals surface area contributed by atoms with Gasteiger partial charge in [-0.05, 0) is 52.5 Å². The second kappa shape index (κ2) is 7.91. The smallest absolute Gasteiger partial charge is 0.141 e. The van der Waals surface area contributed by atoms with Gasteiger partial charge in [0.1, 0.15) is 17.6 Å². The van der Waals surface area contributed by atoms with Crippen LogP contribution >= 0.6 is 11.6 Å². The van der Waals surface area contributed by atoms with Crippen LogP contribution in [0.1, 0.15) is 50.3 Å². The minimum atomic E-state index is -0.185. The van der Waals surface area contributed by atoms with E-state index in [4.69, 9.17) is 16.9 Å². The van der Waals surface area contributed by atoms with Gasteiger partial charge in [0, 0.05) is 5.56 Å². The second-order valence-corrected chi connectivity index (χ2v) is 6.05. The highest BCUT2D eigenvalue weighted by atomic mass is 35.5. The fourth-order valence-electron chi connectivity index (χ4n) is 2.16. The molecule has 2 N–H and O–H groups in total. The summed E-state index contributed by atoms with van der Waals surface area (Å²) in [6.45, 7) is 7.73. The number of allylic oxidation sites excluding steroid dienone is 4. The van der Waals surface area contributed by atoms with Crippen LogP contribution in [0.15, 0.2) is 23.3 Å². The largest absolute Gasteiger partial charge is 0.506 e. The van der Waals surface area contributed by atoms with Crippen molar-refractivity contribution in [3.63, 3.8) is 0 Å². The maximum atomic E-state index is 10.2. The molecule has 0 aliphatic carbocycles. The molecule has 0 heterocycles. The van der Waals surface area contributed by atoms with Gasteiger partial charge in [-0.2, -0.15) is 5.26 Å². The Balaban J connectivity index is 3.02. The number of hydrogen-bond donors (Lipinski definition) is 2. The molecule has 22 heavy (non-hydrogen) atoms. The zero-order valence-corrected chi connectivity index (χ0v) is 14.3. The van der Waals surface area contributed by atoms with Crippen LogP contribution in [0.5, 0.6) is 11.5 Å². The van der Waals surface area contributed by atoms with Gasteiger partial charge in [-0.25, -0.2) is 0 Å². The number of phenolic OH excluding ortho intramolecular Hbond substituents is 2. The van der Waals surface area contributed by atoms with Gasteiger partial charge in [0.2, 0.25) is 0 Å². The van der Waals surface area contributed by atoms with Crippen molar-refractivity contribution in [1.29, 1.82) is 5.26 Å². The van der Waals surface area contributed by atoms with Crippen LogP contribution < -0.4 is 0 Å². The predicted molar refractivity (Wildman–Crippen MR) is 90.4 cm³/mol. The van der Waals surface area contributed by atoms with Crippen molar-refractivity contribution >= 4 is 11.6 Å². The number of phenols is 2. The Bertz CT molecular complexity index is 663. The lowest BCUT2D eigenvalue weighted by Crippen LogP contribution is -1.94. The highest BCUT2D eigenvalue weighted by Gasteiger charge is 2.19. The summed E-state index contributed by atoms with van der Waals surface area (Å²) >= 11 is 6.03. The lowest BCUT2D eigenvalue weighted by atomic mass is 9.99. The first-order valence-electron chi connectivity index (χ1n) is 7.21. The molecule has 0 unspecified atom stereocenters. The van der Waals surface area contributed by atoms with E-state index in [1.54, 1.807) is 6.92 Å². The van der Waals surface area contributed by atoms with Gasteiger partial charge in [0.15, 0.2) is 0 Å². The van der Waals surface area contributed by atoms with Crippen molar-refractivity contribution in [3.05, 3.63) is 45.0 Å². The molecule has 0 atom stereocenters. The van der Waals surface area contributed by atoms with Crippen LogP contribution in [0.3, 0.4) is 0 Å². The van der Waals surface area contributed by atoms with Crippen LogP contribution in [-0.2, 0) is 6.42 Å². The van der Waals surface area contributed by atoms with Gasteiger partial charge < -0.3 is 10.2 Å². The monoisotopic (exact) mass is 319 g/mol. The molecule has 0 bridgehead atoms. The molecular weight excluding hydrogens is 298 g/mol. The highest BCUT2D eigenvalue weighted by molar-refractivity contribution is 6.33. The van der Waals surface area contributed by atoms with E-state index in [-0.39, 0.29) is 22.1 Å². The first-order valence-corrected chi connectivity index (χ1v) is 7.59. The predicted octanol–water partition coefficient (Wildman–Crippen LogP) is 5.17. The van der Waals surface area contributed by atoms with Gasteiger partial charge in [-0.1, -0.05) is 34.9 Å². The molecular formula is C18H22ClNO2. The molecule has 0 amide bonds. The fourth-order valence-corrected chi connectivity index (χ4v) is 2.37. The Morgan fingerprint density at radius 2 is 1.82 bits per heavy atom. The van der Waals surface area contributed by atoms with Crippen molar-refractivity contribution in [1.82, 2.24) is 0 Å². The van der Waals surface area contributed by atoms with Crippen LogP contribution in [0, 0.1) is 18.3 Å². The Morgan fingerprint density at radius 3 is 2.36 bits per heavy atom. The standard InChI is InChI=1S/C18H22ClNO2/c1-11(2)6-5-7-12(3)8-9-14-17(21)15(10-20)13(4)16(19)18(14)22/h6,8,21-22H,5,7,9H2,1-4H3/b12-8+. The number of hydrogen-bond acceptors (Lipinski definition) is 3. The number of nitriles is 1. The quantitative estimate of drug-likeness (QED) is 0.736. The molecule has 0 radical (unpaired) electrons. The van der Waals surface area contributed by atoms with E-state index in [0.717, 1.165) is 18.4 Å². The summed E-state index contributed by atoms with van der Waals surface area (Å²) < 4.78 is 0. The van der Waals surface area contributed by atoms with E-state index in [0.29, 0.717) is 17.5 Å². The summed E-state index contributed by atoms with van der Waals surface area (Å²) in [5, 5.41) is 29.5. The number of nitrogens with zero attached hydrogens (tertiary/aromatic N) is 1. The zero-order valence-electron chi connectivity index (χ0n) is 13.5. The van der Waals surface area contributed by atoms with Crippen LogP contribution in [0.25, 0.3) is 0 Å². The maximum Gasteiger partial charge on any atom is 0.141 e. The third-order valence-electron chi connectivity index (χ3n) is 3.58. The van der Waals surface area contributed by atoms with Crippen molar-refractivity contribution in [2.45, 2.75) is 47.0 Å². The molecule has 0 aliphatic heterocycles. The first kappa shape index (κ1) is 18.1. The van der Waals surface area contributed by atoms with E-state index in [1.807, 2.05) is 19.1 Å². The number of halogens is 1. The summed E-state index contributed by atoms with van der Waals surface area (Å²) in [4.78, 5) is 0. The average Bonchev–Trinajstić information content (AvgIpc) is 2.45. The molecule has 1 aromatic rings.